The fraction of sp³-hybridized carbons (Fsp3) is 0.160. The molecular weight excluding hydrogens is 438 g/mol. The number of aryl methyl sites for hydroxylation is 2. The Morgan fingerprint density at radius 3 is 2.52 bits per heavy atom. The minimum absolute atomic E-state index is 0.0291. The van der Waals surface area contributed by atoms with Crippen molar-refractivity contribution in [3.05, 3.63) is 88.5 Å². The lowest BCUT2D eigenvalue weighted by molar-refractivity contribution is 0.0935. The second kappa shape index (κ2) is 8.99. The Morgan fingerprint density at radius 1 is 1.03 bits per heavy atom. The Hall–Kier alpha value is -3.78. The van der Waals surface area contributed by atoms with E-state index in [0.29, 0.717) is 11.3 Å². The van der Waals surface area contributed by atoms with E-state index in [1.807, 2.05) is 37.3 Å². The molecule has 4 rings (SSSR count). The molecule has 0 radical (unpaired) electrons. The molecule has 0 spiro atoms. The highest BCUT2D eigenvalue weighted by molar-refractivity contribution is 7.92. The smallest absolute Gasteiger partial charge is 0.262 e. The third-order valence-corrected chi connectivity index (χ3v) is 6.88. The number of carbonyl (C=O) groups excluding carboxylic acids is 2. The summed E-state index contributed by atoms with van der Waals surface area (Å²) in [6.07, 6.45) is 1.52. The third kappa shape index (κ3) is 4.70. The molecule has 33 heavy (non-hydrogen) atoms. The van der Waals surface area contributed by atoms with Crippen LogP contribution < -0.4 is 10.0 Å². The number of nitrogens with zero attached hydrogens (tertiary/aromatic N) is 1. The van der Waals surface area contributed by atoms with Crippen molar-refractivity contribution in [2.75, 3.05) is 4.72 Å². The van der Waals surface area contributed by atoms with Crippen LogP contribution in [0.4, 0.5) is 11.4 Å². The second-order valence-corrected chi connectivity index (χ2v) is 9.51. The first-order valence-corrected chi connectivity index (χ1v) is 11.9. The van der Waals surface area contributed by atoms with Crippen molar-refractivity contribution in [2.45, 2.75) is 31.7 Å². The van der Waals surface area contributed by atoms with Crippen LogP contribution in [-0.2, 0) is 16.6 Å². The van der Waals surface area contributed by atoms with Gasteiger partial charge in [0.1, 0.15) is 0 Å². The van der Waals surface area contributed by atoms with Crippen LogP contribution in [0.1, 0.15) is 43.8 Å². The van der Waals surface area contributed by atoms with Gasteiger partial charge in [-0.3, -0.25) is 19.3 Å². The Bertz CT molecular complexity index is 1380. The number of hydrogen-bond donors (Lipinski definition) is 2. The van der Waals surface area contributed by atoms with Crippen LogP contribution >= 0.6 is 0 Å². The minimum Gasteiger partial charge on any atom is -0.348 e. The van der Waals surface area contributed by atoms with E-state index < -0.39 is 15.9 Å². The molecule has 0 bridgehead atoms. The summed E-state index contributed by atoms with van der Waals surface area (Å²) in [4.78, 5) is 30.3. The number of aliphatic imine (C=N–C) groups is 1. The maximum atomic E-state index is 13.2. The molecule has 0 saturated heterocycles. The number of benzene rings is 3. The maximum absolute atomic E-state index is 13.2. The second-order valence-electron chi connectivity index (χ2n) is 7.86. The number of rotatable bonds is 6. The molecule has 1 aliphatic rings. The zero-order chi connectivity index (χ0) is 23.6. The summed E-state index contributed by atoms with van der Waals surface area (Å²) < 4.78 is 28.9. The highest BCUT2D eigenvalue weighted by Crippen LogP contribution is 2.34. The summed E-state index contributed by atoms with van der Waals surface area (Å²) in [6, 6.07) is 17.3. The van der Waals surface area contributed by atoms with Crippen molar-refractivity contribution in [3.8, 4) is 0 Å². The van der Waals surface area contributed by atoms with Crippen LogP contribution in [0.15, 0.2) is 70.6 Å². The average molecular weight is 462 g/mol. The van der Waals surface area contributed by atoms with E-state index in [1.165, 1.54) is 24.4 Å². The third-order valence-electron chi connectivity index (χ3n) is 5.36. The van der Waals surface area contributed by atoms with Crippen molar-refractivity contribution in [2.24, 2.45) is 4.99 Å². The van der Waals surface area contributed by atoms with Gasteiger partial charge in [-0.05, 0) is 43.2 Å². The van der Waals surface area contributed by atoms with Crippen molar-refractivity contribution in [1.29, 1.82) is 0 Å². The first kappa shape index (κ1) is 22.4. The summed E-state index contributed by atoms with van der Waals surface area (Å²) in [5.74, 6) is -0.850. The number of carbonyl (C=O) groups is 2. The molecule has 168 valence electrons. The fourth-order valence-electron chi connectivity index (χ4n) is 3.80. The zero-order valence-corrected chi connectivity index (χ0v) is 19.1. The van der Waals surface area contributed by atoms with Crippen LogP contribution in [0.3, 0.4) is 0 Å². The van der Waals surface area contributed by atoms with Gasteiger partial charge >= 0.3 is 0 Å². The lowest BCUT2D eigenvalue weighted by atomic mass is 9.95. The first-order valence-electron chi connectivity index (χ1n) is 10.4. The van der Waals surface area contributed by atoms with Gasteiger partial charge in [-0.25, -0.2) is 8.42 Å². The molecular formula is C25H23N3O4S. The SMILES string of the molecule is Cc1ccc(S(=O)(=O)Nc2ccc3c(c2C(=O)NCc2ccccc2)C(=O)CC=N3)c(C)c1. The number of hydrogen-bond acceptors (Lipinski definition) is 5. The van der Waals surface area contributed by atoms with E-state index in [2.05, 4.69) is 15.0 Å². The minimum atomic E-state index is -4.01. The van der Waals surface area contributed by atoms with Crippen LogP contribution in [0.25, 0.3) is 0 Å². The van der Waals surface area contributed by atoms with E-state index in [1.54, 1.807) is 19.1 Å². The Balaban J connectivity index is 1.75. The monoisotopic (exact) mass is 461 g/mol. The van der Waals surface area contributed by atoms with E-state index >= 15 is 0 Å². The molecule has 7 nitrogen and oxygen atoms in total. The number of Topliss-reactive ketones (excluding diaryl/α,β-unsaturated/α-hetero) is 1. The lowest BCUT2D eigenvalue weighted by Gasteiger charge is -2.19. The molecule has 0 aromatic heterocycles. The molecule has 0 saturated carbocycles. The topological polar surface area (TPSA) is 105 Å². The standard InChI is InChI=1S/C25H23N3O4S/c1-16-8-11-22(17(2)14-16)33(31,32)28-20-10-9-19-23(21(29)12-13-26-19)24(20)25(30)27-15-18-6-4-3-5-7-18/h3-11,13-14,28H,12,15H2,1-2H3,(H,27,30). The van der Waals surface area contributed by atoms with Gasteiger partial charge in [0.15, 0.2) is 5.78 Å². The van der Waals surface area contributed by atoms with Gasteiger partial charge in [0.2, 0.25) is 0 Å². The Morgan fingerprint density at radius 2 is 1.79 bits per heavy atom. The summed E-state index contributed by atoms with van der Waals surface area (Å²) in [5, 5.41) is 2.79. The van der Waals surface area contributed by atoms with Gasteiger partial charge in [0.25, 0.3) is 15.9 Å². The predicted octanol–water partition coefficient (Wildman–Crippen LogP) is 4.32. The quantitative estimate of drug-likeness (QED) is 0.570. The van der Waals surface area contributed by atoms with E-state index in [-0.39, 0.29) is 40.5 Å². The molecule has 0 aliphatic carbocycles. The van der Waals surface area contributed by atoms with E-state index in [9.17, 15) is 18.0 Å². The Kier molecular flexibility index (Phi) is 6.11. The van der Waals surface area contributed by atoms with Crippen molar-refractivity contribution in [1.82, 2.24) is 5.32 Å². The lowest BCUT2D eigenvalue weighted by Crippen LogP contribution is -2.28. The van der Waals surface area contributed by atoms with Crippen molar-refractivity contribution in [3.63, 3.8) is 0 Å². The molecule has 0 fully saturated rings. The van der Waals surface area contributed by atoms with Crippen LogP contribution in [0.2, 0.25) is 0 Å². The van der Waals surface area contributed by atoms with Gasteiger partial charge in [0.05, 0.1) is 27.4 Å². The van der Waals surface area contributed by atoms with E-state index in [4.69, 9.17) is 0 Å². The summed E-state index contributed by atoms with van der Waals surface area (Å²) in [5.41, 5.74) is 2.84. The highest BCUT2D eigenvalue weighted by Gasteiger charge is 2.28. The van der Waals surface area contributed by atoms with Gasteiger partial charge < -0.3 is 5.32 Å². The number of sulfonamides is 1. The average Bonchev–Trinajstić information content (AvgIpc) is 2.78. The van der Waals surface area contributed by atoms with Gasteiger partial charge in [0, 0.05) is 19.2 Å². The largest absolute Gasteiger partial charge is 0.348 e. The molecule has 3 aromatic carbocycles. The fourth-order valence-corrected chi connectivity index (χ4v) is 5.10. The maximum Gasteiger partial charge on any atom is 0.262 e. The van der Waals surface area contributed by atoms with E-state index in [0.717, 1.165) is 11.1 Å². The van der Waals surface area contributed by atoms with Gasteiger partial charge in [-0.1, -0.05) is 48.0 Å². The predicted molar refractivity (Wildman–Crippen MR) is 128 cm³/mol. The van der Waals surface area contributed by atoms with Crippen LogP contribution in [0.5, 0.6) is 0 Å². The highest BCUT2D eigenvalue weighted by atomic mass is 32.2. The molecule has 3 aromatic rings. The number of fused-ring (bicyclic) bond motifs is 1. The summed E-state index contributed by atoms with van der Waals surface area (Å²) in [6.45, 7) is 3.81. The summed E-state index contributed by atoms with van der Waals surface area (Å²) in [7, 11) is -4.01. The van der Waals surface area contributed by atoms with Gasteiger partial charge in [-0.2, -0.15) is 0 Å². The van der Waals surface area contributed by atoms with Crippen LogP contribution in [-0.4, -0.2) is 26.3 Å². The molecule has 0 unspecified atom stereocenters. The first-order chi connectivity index (χ1) is 15.8. The Labute approximate surface area is 192 Å². The molecule has 2 N–H and O–H groups in total. The molecule has 1 heterocycles. The number of nitrogens with one attached hydrogen (secondary N) is 2. The van der Waals surface area contributed by atoms with Crippen molar-refractivity contribution >= 4 is 39.3 Å². The molecule has 1 aliphatic heterocycles. The van der Waals surface area contributed by atoms with Crippen LogP contribution in [0, 0.1) is 13.8 Å². The molecule has 8 heteroatoms. The number of amides is 1. The number of ketones is 1. The summed E-state index contributed by atoms with van der Waals surface area (Å²) >= 11 is 0. The van der Waals surface area contributed by atoms with Crippen molar-refractivity contribution < 1.29 is 18.0 Å². The number of anilines is 1. The van der Waals surface area contributed by atoms with Gasteiger partial charge in [-0.15, -0.1) is 0 Å². The zero-order valence-electron chi connectivity index (χ0n) is 18.3. The normalized spacial score (nSPS) is 12.8. The molecule has 0 atom stereocenters. The molecule has 1 amide bonds.